The van der Waals surface area contributed by atoms with Crippen molar-refractivity contribution in [3.05, 3.63) is 35.4 Å². The Labute approximate surface area is 159 Å². The van der Waals surface area contributed by atoms with Gasteiger partial charge in [-0.05, 0) is 48.4 Å². The predicted molar refractivity (Wildman–Crippen MR) is 96.5 cm³/mol. The van der Waals surface area contributed by atoms with Crippen LogP contribution in [0.5, 0.6) is 0 Å². The molecular weight excluding hydrogens is 371 g/mol. The van der Waals surface area contributed by atoms with Crippen LogP contribution in [-0.2, 0) is 11.3 Å². The van der Waals surface area contributed by atoms with Crippen LogP contribution in [0.2, 0.25) is 0 Å². The molecular formula is C19H20F3N5O. The molecule has 0 spiro atoms. The minimum atomic E-state index is -4.91. The normalized spacial score (nSPS) is 16.0. The van der Waals surface area contributed by atoms with E-state index in [-0.39, 0.29) is 6.54 Å². The highest BCUT2D eigenvalue weighted by Gasteiger charge is 2.45. The summed E-state index contributed by atoms with van der Waals surface area (Å²) in [4.78, 5) is 13.2. The maximum atomic E-state index is 13.3. The monoisotopic (exact) mass is 391 g/mol. The Kier molecular flexibility index (Phi) is 4.68. The molecule has 0 radical (unpaired) electrons. The van der Waals surface area contributed by atoms with Gasteiger partial charge in [0.05, 0.1) is 12.1 Å². The molecule has 1 fully saturated rings. The molecule has 0 unspecified atom stereocenters. The van der Waals surface area contributed by atoms with Gasteiger partial charge in [-0.1, -0.05) is 30.9 Å². The van der Waals surface area contributed by atoms with Crippen molar-refractivity contribution in [2.24, 2.45) is 0 Å². The van der Waals surface area contributed by atoms with Gasteiger partial charge in [0, 0.05) is 17.0 Å². The van der Waals surface area contributed by atoms with E-state index in [4.69, 9.17) is 0 Å². The first-order valence-electron chi connectivity index (χ1n) is 9.33. The number of fused-ring (bicyclic) bond motifs is 3. The summed E-state index contributed by atoms with van der Waals surface area (Å²) in [6.07, 6.45) is -1.12. The van der Waals surface area contributed by atoms with Crippen LogP contribution in [0.3, 0.4) is 0 Å². The summed E-state index contributed by atoms with van der Waals surface area (Å²) in [5.74, 6) is -1.80. The molecule has 2 heterocycles. The fourth-order valence-corrected chi connectivity index (χ4v) is 4.01. The van der Waals surface area contributed by atoms with E-state index < -0.39 is 18.1 Å². The van der Waals surface area contributed by atoms with Gasteiger partial charge >= 0.3 is 12.1 Å². The van der Waals surface area contributed by atoms with Crippen molar-refractivity contribution in [1.82, 2.24) is 24.9 Å². The summed E-state index contributed by atoms with van der Waals surface area (Å²) in [6, 6.07) is 7.08. The van der Waals surface area contributed by atoms with Crippen molar-refractivity contribution in [3.8, 4) is 0 Å². The van der Waals surface area contributed by atoms with Crippen LogP contribution >= 0.6 is 0 Å². The van der Waals surface area contributed by atoms with Gasteiger partial charge in [0.1, 0.15) is 0 Å². The first-order valence-corrected chi connectivity index (χ1v) is 9.33. The van der Waals surface area contributed by atoms with E-state index in [0.717, 1.165) is 40.6 Å². The van der Waals surface area contributed by atoms with Crippen LogP contribution in [0, 0.1) is 6.92 Å². The third-order valence-corrected chi connectivity index (χ3v) is 5.36. The lowest BCUT2D eigenvalue weighted by Gasteiger charge is -2.34. The number of nitrogens with zero attached hydrogens (tertiary/aromatic N) is 5. The third-order valence-electron chi connectivity index (χ3n) is 5.36. The van der Waals surface area contributed by atoms with Crippen molar-refractivity contribution in [3.63, 3.8) is 0 Å². The van der Waals surface area contributed by atoms with Crippen LogP contribution < -0.4 is 0 Å². The second kappa shape index (κ2) is 7.03. The second-order valence-electron chi connectivity index (χ2n) is 7.37. The van der Waals surface area contributed by atoms with E-state index in [1.165, 1.54) is 4.52 Å². The number of hydrogen-bond donors (Lipinski definition) is 0. The maximum absolute atomic E-state index is 13.3. The average Bonchev–Trinajstić information content (AvgIpc) is 3.15. The smallest absolute Gasteiger partial charge is 0.327 e. The zero-order valence-corrected chi connectivity index (χ0v) is 15.4. The Morgan fingerprint density at radius 1 is 1.21 bits per heavy atom. The van der Waals surface area contributed by atoms with Crippen LogP contribution in [-0.4, -0.2) is 43.1 Å². The molecule has 148 valence electrons. The third kappa shape index (κ3) is 3.41. The lowest BCUT2D eigenvalue weighted by atomic mass is 9.93. The molecule has 1 saturated carbocycles. The molecule has 0 atom stereocenters. The van der Waals surface area contributed by atoms with Crippen molar-refractivity contribution in [2.75, 3.05) is 0 Å². The molecule has 0 saturated heterocycles. The number of alkyl halides is 3. The second-order valence-corrected chi connectivity index (χ2v) is 7.37. The largest absolute Gasteiger partial charge is 0.471 e. The predicted octanol–water partition coefficient (Wildman–Crippen LogP) is 3.81. The fraction of sp³-hybridized carbons (Fsp3) is 0.474. The highest BCUT2D eigenvalue weighted by Crippen LogP contribution is 2.30. The van der Waals surface area contributed by atoms with Gasteiger partial charge in [0.15, 0.2) is 5.65 Å². The van der Waals surface area contributed by atoms with Gasteiger partial charge in [-0.15, -0.1) is 5.10 Å². The number of aromatic nitrogens is 4. The molecule has 0 bridgehead atoms. The number of tetrazole rings is 1. The summed E-state index contributed by atoms with van der Waals surface area (Å²) in [5.41, 5.74) is 2.65. The Balaban J connectivity index is 1.79. The highest BCUT2D eigenvalue weighted by atomic mass is 19.4. The molecule has 1 aromatic carbocycles. The van der Waals surface area contributed by atoms with E-state index in [9.17, 15) is 18.0 Å². The molecule has 3 aromatic rings. The van der Waals surface area contributed by atoms with E-state index in [0.29, 0.717) is 24.1 Å². The number of rotatable bonds is 3. The van der Waals surface area contributed by atoms with Gasteiger partial charge in [0.2, 0.25) is 0 Å². The van der Waals surface area contributed by atoms with Gasteiger partial charge in [-0.2, -0.15) is 17.7 Å². The molecule has 1 amide bonds. The maximum Gasteiger partial charge on any atom is 0.471 e. The average molecular weight is 391 g/mol. The molecule has 6 nitrogen and oxygen atoms in total. The Hall–Kier alpha value is -2.71. The van der Waals surface area contributed by atoms with Crippen LogP contribution in [0.1, 0.15) is 43.2 Å². The molecule has 0 aliphatic heterocycles. The van der Waals surface area contributed by atoms with E-state index in [1.54, 1.807) is 6.07 Å². The minimum absolute atomic E-state index is 0.170. The highest BCUT2D eigenvalue weighted by molar-refractivity contribution is 5.85. The first kappa shape index (κ1) is 18.6. The summed E-state index contributed by atoms with van der Waals surface area (Å²) in [5, 5.41) is 12.5. The van der Waals surface area contributed by atoms with Crippen LogP contribution in [0.4, 0.5) is 13.2 Å². The van der Waals surface area contributed by atoms with Gasteiger partial charge in [0.25, 0.3) is 0 Å². The van der Waals surface area contributed by atoms with Gasteiger partial charge < -0.3 is 4.90 Å². The number of carbonyl (C=O) groups excluding carboxylic acids is 1. The zero-order valence-electron chi connectivity index (χ0n) is 15.4. The van der Waals surface area contributed by atoms with E-state index >= 15 is 0 Å². The number of benzene rings is 1. The Morgan fingerprint density at radius 3 is 2.68 bits per heavy atom. The van der Waals surface area contributed by atoms with Crippen molar-refractivity contribution < 1.29 is 18.0 Å². The van der Waals surface area contributed by atoms with Crippen LogP contribution in [0.15, 0.2) is 24.3 Å². The first-order chi connectivity index (χ1) is 13.3. The standard InChI is InChI=1S/C19H20F3N5O/c1-12-7-8-16-13(9-12)10-14(17-23-24-25-27(16)17)11-26(18(28)19(20,21)22)15-5-3-2-4-6-15/h7-10,15H,2-6,11H2,1H3. The number of pyridine rings is 1. The minimum Gasteiger partial charge on any atom is -0.327 e. The summed E-state index contributed by atoms with van der Waals surface area (Å²) >= 11 is 0. The summed E-state index contributed by atoms with van der Waals surface area (Å²) < 4.78 is 41.4. The fourth-order valence-electron chi connectivity index (χ4n) is 4.01. The molecule has 4 rings (SSSR count). The number of carbonyl (C=O) groups is 1. The number of halogens is 3. The van der Waals surface area contributed by atoms with Crippen molar-refractivity contribution in [1.29, 1.82) is 0 Å². The number of aryl methyl sites for hydroxylation is 1. The van der Waals surface area contributed by atoms with Crippen molar-refractivity contribution >= 4 is 22.5 Å². The lowest BCUT2D eigenvalue weighted by molar-refractivity contribution is -0.189. The number of hydrogen-bond acceptors (Lipinski definition) is 4. The molecule has 1 aliphatic rings. The molecule has 2 aromatic heterocycles. The molecule has 1 aliphatic carbocycles. The van der Waals surface area contributed by atoms with Crippen LogP contribution in [0.25, 0.3) is 16.6 Å². The number of amides is 1. The summed E-state index contributed by atoms with van der Waals surface area (Å²) in [6.45, 7) is 1.77. The zero-order chi connectivity index (χ0) is 19.9. The quantitative estimate of drug-likeness (QED) is 0.681. The molecule has 0 N–H and O–H groups in total. The van der Waals surface area contributed by atoms with Crippen molar-refractivity contribution in [2.45, 2.75) is 57.8 Å². The van der Waals surface area contributed by atoms with E-state index in [2.05, 4.69) is 15.5 Å². The summed E-state index contributed by atoms with van der Waals surface area (Å²) in [7, 11) is 0. The van der Waals surface area contributed by atoms with E-state index in [1.807, 2.05) is 25.1 Å². The lowest BCUT2D eigenvalue weighted by Crippen LogP contribution is -2.47. The Bertz CT molecular complexity index is 1020. The molecule has 9 heteroatoms. The van der Waals surface area contributed by atoms with Gasteiger partial charge in [-0.3, -0.25) is 4.79 Å². The SMILES string of the molecule is Cc1ccc2c(c1)cc(CN(C(=O)C(F)(F)F)C1CCCCC1)c1nnnn12. The topological polar surface area (TPSA) is 63.4 Å². The van der Waals surface area contributed by atoms with Gasteiger partial charge in [-0.25, -0.2) is 0 Å². The molecule has 28 heavy (non-hydrogen) atoms. The Morgan fingerprint density at radius 2 is 1.96 bits per heavy atom.